The average Bonchev–Trinajstić information content (AvgIpc) is 3.26. The Morgan fingerprint density at radius 1 is 1.16 bits per heavy atom. The first-order valence-corrected chi connectivity index (χ1v) is 9.98. The number of hydrogen-bond acceptors (Lipinski definition) is 10. The minimum Gasteiger partial charge on any atom is -0.490 e. The molecule has 0 radical (unpaired) electrons. The predicted molar refractivity (Wildman–Crippen MR) is 116 cm³/mol. The Balaban J connectivity index is 1.74. The highest BCUT2D eigenvalue weighted by molar-refractivity contribution is 5.76. The Hall–Kier alpha value is -3.57. The van der Waals surface area contributed by atoms with Crippen molar-refractivity contribution < 1.29 is 24.3 Å². The zero-order chi connectivity index (χ0) is 23.3. The van der Waals surface area contributed by atoms with Gasteiger partial charge in [-0.1, -0.05) is 5.16 Å². The van der Waals surface area contributed by atoms with E-state index in [1.165, 1.54) is 0 Å². The number of hydrogen-bond donors (Lipinski definition) is 4. The van der Waals surface area contributed by atoms with Gasteiger partial charge in [-0.05, 0) is 50.1 Å². The molecule has 0 saturated carbocycles. The minimum absolute atomic E-state index is 0.0139. The monoisotopic (exact) mass is 442 g/mol. The molecule has 170 valence electrons. The molecule has 32 heavy (non-hydrogen) atoms. The highest BCUT2D eigenvalue weighted by atomic mass is 16.5. The maximum Gasteiger partial charge on any atom is 0.277 e. The summed E-state index contributed by atoms with van der Waals surface area (Å²) in [5.41, 5.74) is 3.70. The lowest BCUT2D eigenvalue weighted by Crippen LogP contribution is -2.36. The van der Waals surface area contributed by atoms with Gasteiger partial charge in [0.25, 0.3) is 5.89 Å². The number of aryl methyl sites for hydroxylation is 3. The summed E-state index contributed by atoms with van der Waals surface area (Å²) in [4.78, 5) is 24.1. The second-order valence-electron chi connectivity index (χ2n) is 7.26. The SMILES string of the molecule is CNc1nc(C)cc(-c2nc(-c3cc(C)c(OC[C@H](O)CNC(=O)CO)c(C)c3)no2)n1. The van der Waals surface area contributed by atoms with Crippen molar-refractivity contribution in [3.63, 3.8) is 0 Å². The molecule has 0 aliphatic heterocycles. The number of aromatic nitrogens is 4. The molecule has 11 nitrogen and oxygen atoms in total. The van der Waals surface area contributed by atoms with Crippen molar-refractivity contribution in [1.82, 2.24) is 25.4 Å². The maximum atomic E-state index is 11.1. The third-order valence-electron chi connectivity index (χ3n) is 4.54. The highest BCUT2D eigenvalue weighted by Crippen LogP contribution is 2.30. The van der Waals surface area contributed by atoms with Crippen LogP contribution in [0, 0.1) is 20.8 Å². The quantitative estimate of drug-likeness (QED) is 0.377. The van der Waals surface area contributed by atoms with Crippen molar-refractivity contribution >= 4 is 11.9 Å². The topological polar surface area (TPSA) is 156 Å². The zero-order valence-electron chi connectivity index (χ0n) is 18.3. The first-order valence-electron chi connectivity index (χ1n) is 9.98. The van der Waals surface area contributed by atoms with E-state index < -0.39 is 18.6 Å². The molecule has 0 spiro atoms. The molecule has 0 fully saturated rings. The van der Waals surface area contributed by atoms with Gasteiger partial charge >= 0.3 is 0 Å². The number of nitrogens with one attached hydrogen (secondary N) is 2. The van der Waals surface area contributed by atoms with Crippen LogP contribution in [0.5, 0.6) is 5.75 Å². The lowest BCUT2D eigenvalue weighted by molar-refractivity contribution is -0.124. The van der Waals surface area contributed by atoms with E-state index in [0.29, 0.717) is 23.2 Å². The second-order valence-corrected chi connectivity index (χ2v) is 7.26. The fourth-order valence-electron chi connectivity index (χ4n) is 3.07. The van der Waals surface area contributed by atoms with Crippen LogP contribution in [-0.2, 0) is 4.79 Å². The first kappa shape index (κ1) is 23.1. The second kappa shape index (κ2) is 10.2. The van der Waals surface area contributed by atoms with Crippen molar-refractivity contribution in [2.24, 2.45) is 0 Å². The molecule has 3 aromatic rings. The van der Waals surface area contributed by atoms with E-state index in [2.05, 4.69) is 30.7 Å². The van der Waals surface area contributed by atoms with E-state index in [1.54, 1.807) is 13.1 Å². The number of benzene rings is 1. The Morgan fingerprint density at radius 3 is 2.53 bits per heavy atom. The highest BCUT2D eigenvalue weighted by Gasteiger charge is 2.17. The fourth-order valence-corrected chi connectivity index (χ4v) is 3.07. The van der Waals surface area contributed by atoms with Crippen LogP contribution in [0.1, 0.15) is 16.8 Å². The van der Waals surface area contributed by atoms with E-state index in [-0.39, 0.29) is 19.0 Å². The molecule has 1 aromatic carbocycles. The molecule has 0 bridgehead atoms. The Labute approximate surface area is 184 Å². The van der Waals surface area contributed by atoms with Gasteiger partial charge in [-0.25, -0.2) is 9.97 Å². The molecule has 0 unspecified atom stereocenters. The van der Waals surface area contributed by atoms with E-state index in [9.17, 15) is 9.90 Å². The minimum atomic E-state index is -0.914. The van der Waals surface area contributed by atoms with Gasteiger partial charge in [-0.3, -0.25) is 4.79 Å². The molecule has 1 atom stereocenters. The van der Waals surface area contributed by atoms with Crippen molar-refractivity contribution in [1.29, 1.82) is 0 Å². The number of carbonyl (C=O) groups is 1. The number of aliphatic hydroxyl groups is 2. The first-order chi connectivity index (χ1) is 15.3. The molecular formula is C21H26N6O5. The van der Waals surface area contributed by atoms with Crippen LogP contribution in [0.15, 0.2) is 22.7 Å². The Bertz CT molecular complexity index is 1080. The molecular weight excluding hydrogens is 416 g/mol. The summed E-state index contributed by atoms with van der Waals surface area (Å²) >= 11 is 0. The number of anilines is 1. The molecule has 2 heterocycles. The number of carbonyl (C=O) groups excluding carboxylic acids is 1. The van der Waals surface area contributed by atoms with Crippen molar-refractivity contribution in [2.75, 3.05) is 32.1 Å². The molecule has 0 aliphatic carbocycles. The number of ether oxygens (including phenoxy) is 1. The van der Waals surface area contributed by atoms with Gasteiger partial charge in [0.2, 0.25) is 17.7 Å². The third kappa shape index (κ3) is 5.56. The fraction of sp³-hybridized carbons (Fsp3) is 0.381. The van der Waals surface area contributed by atoms with Gasteiger partial charge in [0.05, 0.1) is 0 Å². The zero-order valence-corrected chi connectivity index (χ0v) is 18.3. The van der Waals surface area contributed by atoms with E-state index in [4.69, 9.17) is 14.4 Å². The van der Waals surface area contributed by atoms with Crippen LogP contribution < -0.4 is 15.4 Å². The van der Waals surface area contributed by atoms with Gasteiger partial charge in [0.15, 0.2) is 0 Å². The summed E-state index contributed by atoms with van der Waals surface area (Å²) in [6.45, 7) is 4.95. The van der Waals surface area contributed by atoms with Crippen LogP contribution >= 0.6 is 0 Å². The van der Waals surface area contributed by atoms with Crippen molar-refractivity contribution in [3.8, 4) is 28.7 Å². The number of nitrogens with zero attached hydrogens (tertiary/aromatic N) is 4. The molecule has 3 rings (SSSR count). The molecule has 2 aromatic heterocycles. The van der Waals surface area contributed by atoms with Gasteiger partial charge in [0, 0.05) is 24.8 Å². The maximum absolute atomic E-state index is 11.1. The number of rotatable bonds is 9. The summed E-state index contributed by atoms with van der Waals surface area (Å²) < 4.78 is 11.2. The smallest absolute Gasteiger partial charge is 0.277 e. The summed E-state index contributed by atoms with van der Waals surface area (Å²) in [7, 11) is 1.73. The van der Waals surface area contributed by atoms with Crippen LogP contribution in [0.2, 0.25) is 0 Å². The normalized spacial score (nSPS) is 11.8. The average molecular weight is 442 g/mol. The lowest BCUT2D eigenvalue weighted by Gasteiger charge is -2.16. The van der Waals surface area contributed by atoms with Crippen LogP contribution in [0.4, 0.5) is 5.95 Å². The molecule has 11 heteroatoms. The summed E-state index contributed by atoms with van der Waals surface area (Å²) in [6, 6.07) is 5.49. The van der Waals surface area contributed by atoms with E-state index >= 15 is 0 Å². The van der Waals surface area contributed by atoms with Gasteiger partial charge in [-0.15, -0.1) is 0 Å². The third-order valence-corrected chi connectivity index (χ3v) is 4.54. The van der Waals surface area contributed by atoms with Gasteiger partial charge < -0.3 is 30.1 Å². The van der Waals surface area contributed by atoms with Gasteiger partial charge in [-0.2, -0.15) is 4.98 Å². The Morgan fingerprint density at radius 2 is 1.88 bits per heavy atom. The number of aliphatic hydroxyl groups excluding tert-OH is 2. The molecule has 0 aliphatic rings. The largest absolute Gasteiger partial charge is 0.490 e. The van der Waals surface area contributed by atoms with E-state index in [1.807, 2.05) is 32.9 Å². The van der Waals surface area contributed by atoms with Crippen molar-refractivity contribution in [3.05, 3.63) is 35.0 Å². The molecule has 0 saturated heterocycles. The molecule has 4 N–H and O–H groups in total. The van der Waals surface area contributed by atoms with Crippen LogP contribution in [0.3, 0.4) is 0 Å². The van der Waals surface area contributed by atoms with Crippen LogP contribution in [0.25, 0.3) is 23.0 Å². The van der Waals surface area contributed by atoms with E-state index in [0.717, 1.165) is 22.4 Å². The summed E-state index contributed by atoms with van der Waals surface area (Å²) in [6.07, 6.45) is -0.914. The van der Waals surface area contributed by atoms with Gasteiger partial charge in [0.1, 0.15) is 30.8 Å². The number of amides is 1. The molecule has 1 amide bonds. The summed E-state index contributed by atoms with van der Waals surface area (Å²) in [5.74, 6) is 1.22. The lowest BCUT2D eigenvalue weighted by atomic mass is 10.1. The summed E-state index contributed by atoms with van der Waals surface area (Å²) in [5, 5.41) is 28.0. The standard InChI is InChI=1S/C21H26N6O5/c1-11-5-14(6-12(2)18(11)31-10-15(29)8-23-17(30)9-28)19-26-20(32-27-19)16-7-13(3)24-21(22-4)25-16/h5-7,15,28-29H,8-10H2,1-4H3,(H,23,30)(H,22,24,25)/t15-/m1/s1. The van der Waals surface area contributed by atoms with Crippen molar-refractivity contribution in [2.45, 2.75) is 26.9 Å². The van der Waals surface area contributed by atoms with Crippen LogP contribution in [-0.4, -0.2) is 69.1 Å². The Kier molecular flexibility index (Phi) is 7.33. The predicted octanol–water partition coefficient (Wildman–Crippen LogP) is 1.01.